The molecule has 1 aromatic carbocycles. The Balaban J connectivity index is 1.84. The fraction of sp³-hybridized carbons (Fsp3) is 0.536. The molecule has 0 bridgehead atoms. The number of hydrogen-bond donors (Lipinski definition) is 1. The third kappa shape index (κ3) is 4.73. The Kier molecular flexibility index (Phi) is 7.71. The highest BCUT2D eigenvalue weighted by Gasteiger charge is 2.47. The summed E-state index contributed by atoms with van der Waals surface area (Å²) in [4.78, 5) is 40.1. The second-order valence-electron chi connectivity index (χ2n) is 9.69. The Bertz CT molecular complexity index is 1110. The zero-order valence-corrected chi connectivity index (χ0v) is 21.6. The van der Waals surface area contributed by atoms with Crippen LogP contribution in [0.4, 0.5) is 0 Å². The van der Waals surface area contributed by atoms with Gasteiger partial charge in [-0.15, -0.1) is 0 Å². The maximum atomic E-state index is 13.9. The van der Waals surface area contributed by atoms with Crippen LogP contribution in [0.3, 0.4) is 0 Å². The van der Waals surface area contributed by atoms with E-state index in [-0.39, 0.29) is 17.8 Å². The number of nitrogens with one attached hydrogen (secondary N) is 1. The van der Waals surface area contributed by atoms with E-state index < -0.39 is 23.8 Å². The molecule has 4 rings (SSSR count). The van der Waals surface area contributed by atoms with Gasteiger partial charge in [0.15, 0.2) is 17.3 Å². The molecular weight excluding hydrogens is 462 g/mol. The lowest BCUT2D eigenvalue weighted by Crippen LogP contribution is -2.43. The van der Waals surface area contributed by atoms with Crippen molar-refractivity contribution in [3.63, 3.8) is 0 Å². The number of carbonyl (C=O) groups excluding carboxylic acids is 3. The molecule has 1 aliphatic heterocycles. The molecule has 2 aliphatic carbocycles. The summed E-state index contributed by atoms with van der Waals surface area (Å²) in [5.74, 6) is -2.18. The van der Waals surface area contributed by atoms with E-state index in [1.54, 1.807) is 19.2 Å². The lowest BCUT2D eigenvalue weighted by molar-refractivity contribution is -0.151. The van der Waals surface area contributed by atoms with Crippen molar-refractivity contribution in [2.24, 2.45) is 11.8 Å². The van der Waals surface area contributed by atoms with E-state index in [4.69, 9.17) is 18.9 Å². The number of Topliss-reactive ketones (excluding diaryl/α,β-unsaturated/α-hetero) is 1. The van der Waals surface area contributed by atoms with Gasteiger partial charge in [-0.2, -0.15) is 0 Å². The number of ketones is 1. The predicted octanol–water partition coefficient (Wildman–Crippen LogP) is 4.19. The Morgan fingerprint density at radius 2 is 1.83 bits per heavy atom. The number of methoxy groups -OCH3 is 2. The van der Waals surface area contributed by atoms with Gasteiger partial charge in [-0.1, -0.05) is 13.0 Å². The highest BCUT2D eigenvalue weighted by Crippen LogP contribution is 2.47. The van der Waals surface area contributed by atoms with Crippen LogP contribution in [0.2, 0.25) is 0 Å². The van der Waals surface area contributed by atoms with Crippen LogP contribution in [0.15, 0.2) is 40.7 Å². The third-order valence-electron chi connectivity index (χ3n) is 7.36. The molecule has 1 fully saturated rings. The van der Waals surface area contributed by atoms with Crippen molar-refractivity contribution in [1.82, 2.24) is 5.32 Å². The molecule has 0 spiro atoms. The highest BCUT2D eigenvalue weighted by molar-refractivity contribution is 6.12. The van der Waals surface area contributed by atoms with Gasteiger partial charge in [-0.3, -0.25) is 9.59 Å². The van der Waals surface area contributed by atoms with Gasteiger partial charge in [0, 0.05) is 22.9 Å². The largest absolute Gasteiger partial charge is 0.493 e. The molecule has 0 radical (unpaired) electrons. The smallest absolute Gasteiger partial charge is 0.337 e. The van der Waals surface area contributed by atoms with Gasteiger partial charge < -0.3 is 24.3 Å². The maximum Gasteiger partial charge on any atom is 0.337 e. The summed E-state index contributed by atoms with van der Waals surface area (Å²) < 4.78 is 22.1. The van der Waals surface area contributed by atoms with Crippen molar-refractivity contribution in [3.8, 4) is 11.5 Å². The van der Waals surface area contributed by atoms with Crippen LogP contribution < -0.4 is 14.8 Å². The molecular formula is C28H35NO7. The number of benzene rings is 1. The van der Waals surface area contributed by atoms with Crippen molar-refractivity contribution < 1.29 is 33.3 Å². The molecule has 36 heavy (non-hydrogen) atoms. The van der Waals surface area contributed by atoms with Gasteiger partial charge in [0.25, 0.3) is 0 Å². The zero-order valence-electron chi connectivity index (χ0n) is 21.6. The summed E-state index contributed by atoms with van der Waals surface area (Å²) in [7, 11) is 2.83. The minimum Gasteiger partial charge on any atom is -0.493 e. The van der Waals surface area contributed by atoms with Crippen LogP contribution in [-0.4, -0.2) is 44.7 Å². The lowest BCUT2D eigenvalue weighted by atomic mass is 9.69. The molecule has 1 aromatic rings. The Morgan fingerprint density at radius 1 is 1.11 bits per heavy atom. The SMILES string of the molecule is CCOc1ccc([C@H]2C(C(=O)OC3CCCC3)=C(C)NC3=C2C(=O)[C@@H](C(=O)OC)[C@H](C)C3)cc1OC. The van der Waals surface area contributed by atoms with E-state index in [1.807, 2.05) is 26.8 Å². The average Bonchev–Trinajstić information content (AvgIpc) is 3.36. The first-order chi connectivity index (χ1) is 17.3. The van der Waals surface area contributed by atoms with Gasteiger partial charge in [-0.05, 0) is 69.6 Å². The Hall–Kier alpha value is -3.29. The third-order valence-corrected chi connectivity index (χ3v) is 7.36. The van der Waals surface area contributed by atoms with Crippen molar-refractivity contribution >= 4 is 17.7 Å². The summed E-state index contributed by atoms with van der Waals surface area (Å²) in [5.41, 5.74) is 2.83. The molecule has 3 atom stereocenters. The number of esters is 2. The average molecular weight is 498 g/mol. The minimum atomic E-state index is -0.937. The normalized spacial score (nSPS) is 24.2. The topological polar surface area (TPSA) is 100 Å². The standard InChI is InChI=1S/C28H35NO7/c1-6-35-20-12-11-17(14-21(20)33-4)24-23(28(32)36-18-9-7-8-10-18)16(3)29-19-13-15(2)22(27(31)34-5)26(30)25(19)24/h11-12,14-15,18,22,24,29H,6-10,13H2,1-5H3/t15-,22+,24+/m1/s1. The molecule has 194 valence electrons. The predicted molar refractivity (Wildman–Crippen MR) is 132 cm³/mol. The molecule has 1 N–H and O–H groups in total. The Morgan fingerprint density at radius 3 is 2.47 bits per heavy atom. The maximum absolute atomic E-state index is 13.9. The highest BCUT2D eigenvalue weighted by atomic mass is 16.5. The molecule has 1 heterocycles. The van der Waals surface area contributed by atoms with E-state index in [9.17, 15) is 14.4 Å². The van der Waals surface area contributed by atoms with Crippen LogP contribution in [-0.2, 0) is 23.9 Å². The zero-order chi connectivity index (χ0) is 26.0. The first-order valence-electron chi connectivity index (χ1n) is 12.6. The first-order valence-corrected chi connectivity index (χ1v) is 12.6. The summed E-state index contributed by atoms with van der Waals surface area (Å²) in [6.07, 6.45) is 4.08. The van der Waals surface area contributed by atoms with Gasteiger partial charge in [0.2, 0.25) is 0 Å². The summed E-state index contributed by atoms with van der Waals surface area (Å²) in [6, 6.07) is 5.41. The molecule has 0 saturated heterocycles. The van der Waals surface area contributed by atoms with Crippen molar-refractivity contribution in [2.45, 2.75) is 64.9 Å². The number of allylic oxidation sites excluding steroid dienone is 3. The molecule has 8 nitrogen and oxygen atoms in total. The van der Waals surface area contributed by atoms with Gasteiger partial charge >= 0.3 is 11.9 Å². The second kappa shape index (κ2) is 10.8. The summed E-state index contributed by atoms with van der Waals surface area (Å²) in [5, 5.41) is 3.30. The van der Waals surface area contributed by atoms with Gasteiger partial charge in [0.05, 0.1) is 26.4 Å². The lowest BCUT2D eigenvalue weighted by Gasteiger charge is -2.38. The van der Waals surface area contributed by atoms with E-state index in [0.29, 0.717) is 46.9 Å². The number of hydrogen-bond acceptors (Lipinski definition) is 8. The second-order valence-corrected chi connectivity index (χ2v) is 9.69. The van der Waals surface area contributed by atoms with Crippen LogP contribution in [0.5, 0.6) is 11.5 Å². The number of dihydropyridines is 1. The molecule has 8 heteroatoms. The quantitative estimate of drug-likeness (QED) is 0.442. The molecule has 0 unspecified atom stereocenters. The summed E-state index contributed by atoms with van der Waals surface area (Å²) >= 11 is 0. The van der Waals surface area contributed by atoms with Gasteiger partial charge in [0.1, 0.15) is 12.0 Å². The fourth-order valence-electron chi connectivity index (χ4n) is 5.64. The minimum absolute atomic E-state index is 0.131. The summed E-state index contributed by atoms with van der Waals surface area (Å²) in [6.45, 7) is 6.04. The Labute approximate surface area is 212 Å². The van der Waals surface area contributed by atoms with E-state index in [0.717, 1.165) is 31.4 Å². The van der Waals surface area contributed by atoms with Gasteiger partial charge in [-0.25, -0.2) is 4.79 Å². The van der Waals surface area contributed by atoms with Crippen molar-refractivity contribution in [1.29, 1.82) is 0 Å². The van der Waals surface area contributed by atoms with E-state index >= 15 is 0 Å². The molecule has 0 amide bonds. The van der Waals surface area contributed by atoms with Crippen LogP contribution in [0.1, 0.15) is 64.4 Å². The van der Waals surface area contributed by atoms with Crippen molar-refractivity contribution in [3.05, 3.63) is 46.3 Å². The monoisotopic (exact) mass is 497 g/mol. The molecule has 0 aromatic heterocycles. The van der Waals surface area contributed by atoms with Crippen LogP contribution in [0, 0.1) is 11.8 Å². The number of ether oxygens (including phenoxy) is 4. The van der Waals surface area contributed by atoms with Crippen LogP contribution in [0.25, 0.3) is 0 Å². The number of carbonyl (C=O) groups is 3. The van der Waals surface area contributed by atoms with E-state index in [1.165, 1.54) is 7.11 Å². The van der Waals surface area contributed by atoms with E-state index in [2.05, 4.69) is 5.32 Å². The molecule has 3 aliphatic rings. The van der Waals surface area contributed by atoms with Crippen LogP contribution >= 0.6 is 0 Å². The van der Waals surface area contributed by atoms with Crippen molar-refractivity contribution in [2.75, 3.05) is 20.8 Å². The first kappa shape index (κ1) is 25.8. The fourth-order valence-corrected chi connectivity index (χ4v) is 5.64. The number of rotatable bonds is 7. The molecule has 1 saturated carbocycles.